The van der Waals surface area contributed by atoms with E-state index in [-0.39, 0.29) is 19.0 Å². The van der Waals surface area contributed by atoms with E-state index >= 15 is 0 Å². The molecule has 5 heteroatoms. The molecule has 0 aliphatic carbocycles. The fraction of sp³-hybridized carbons (Fsp3) is 0.625. The topological polar surface area (TPSA) is 57.2 Å². The lowest BCUT2D eigenvalue weighted by Gasteiger charge is -2.13. The summed E-state index contributed by atoms with van der Waals surface area (Å²) in [6, 6.07) is 10.1. The van der Waals surface area contributed by atoms with Gasteiger partial charge in [0.2, 0.25) is 0 Å². The van der Waals surface area contributed by atoms with Crippen LogP contribution in [0.3, 0.4) is 0 Å². The number of ether oxygens (including phenoxy) is 4. The van der Waals surface area contributed by atoms with E-state index in [4.69, 9.17) is 24.1 Å². The molecule has 0 spiro atoms. The van der Waals surface area contributed by atoms with Crippen LogP contribution in [0.4, 0.5) is 0 Å². The average molecular weight is 296 g/mol. The van der Waals surface area contributed by atoms with E-state index in [1.807, 2.05) is 30.3 Å². The van der Waals surface area contributed by atoms with Gasteiger partial charge in [-0.05, 0) is 12.0 Å². The van der Waals surface area contributed by atoms with Gasteiger partial charge in [0.25, 0.3) is 0 Å². The molecule has 1 heterocycles. The maximum absolute atomic E-state index is 8.94. The quantitative estimate of drug-likeness (QED) is 0.666. The van der Waals surface area contributed by atoms with E-state index < -0.39 is 0 Å². The van der Waals surface area contributed by atoms with Crippen molar-refractivity contribution in [3.63, 3.8) is 0 Å². The lowest BCUT2D eigenvalue weighted by molar-refractivity contribution is -0.148. The zero-order chi connectivity index (χ0) is 14.8. The zero-order valence-electron chi connectivity index (χ0n) is 12.3. The first kappa shape index (κ1) is 16.4. The Bertz CT molecular complexity index is 370. The first-order chi connectivity index (χ1) is 10.4. The molecule has 5 nitrogen and oxygen atoms in total. The second kappa shape index (κ2) is 9.87. The standard InChI is InChI=1S/C16H24O5/c17-12-15-6-7-16(21-15)20-11-10-18-8-9-19-13-14-4-2-1-3-5-14/h1-5,15-17H,6-13H2. The summed E-state index contributed by atoms with van der Waals surface area (Å²) in [5, 5.41) is 8.94. The Balaban J connectivity index is 1.39. The van der Waals surface area contributed by atoms with Crippen LogP contribution < -0.4 is 0 Å². The molecule has 0 amide bonds. The van der Waals surface area contributed by atoms with Crippen LogP contribution in [0.1, 0.15) is 18.4 Å². The molecule has 1 fully saturated rings. The first-order valence-electron chi connectivity index (χ1n) is 7.46. The fourth-order valence-corrected chi connectivity index (χ4v) is 2.15. The summed E-state index contributed by atoms with van der Waals surface area (Å²) in [4.78, 5) is 0. The molecule has 0 aromatic heterocycles. The minimum atomic E-state index is -0.194. The minimum absolute atomic E-state index is 0.0646. The second-order valence-corrected chi connectivity index (χ2v) is 4.97. The molecule has 2 rings (SSSR count). The average Bonchev–Trinajstić information content (AvgIpc) is 2.99. The molecule has 1 saturated heterocycles. The summed E-state index contributed by atoms with van der Waals surface area (Å²) in [7, 11) is 0. The monoisotopic (exact) mass is 296 g/mol. The molecule has 1 aromatic rings. The van der Waals surface area contributed by atoms with E-state index in [0.29, 0.717) is 33.0 Å². The van der Waals surface area contributed by atoms with Crippen LogP contribution in [-0.2, 0) is 25.6 Å². The third kappa shape index (κ3) is 6.54. The van der Waals surface area contributed by atoms with Crippen molar-refractivity contribution in [2.24, 2.45) is 0 Å². The molecule has 118 valence electrons. The Labute approximate surface area is 125 Å². The van der Waals surface area contributed by atoms with E-state index in [1.54, 1.807) is 0 Å². The summed E-state index contributed by atoms with van der Waals surface area (Å²) in [6.45, 7) is 2.83. The highest BCUT2D eigenvalue weighted by Crippen LogP contribution is 2.19. The number of rotatable bonds is 10. The van der Waals surface area contributed by atoms with E-state index in [2.05, 4.69) is 0 Å². The number of hydrogen-bond donors (Lipinski definition) is 1. The van der Waals surface area contributed by atoms with Crippen LogP contribution in [0.2, 0.25) is 0 Å². The second-order valence-electron chi connectivity index (χ2n) is 4.97. The number of hydrogen-bond acceptors (Lipinski definition) is 5. The molecule has 21 heavy (non-hydrogen) atoms. The highest BCUT2D eigenvalue weighted by Gasteiger charge is 2.24. The molecule has 1 aliphatic rings. The first-order valence-corrected chi connectivity index (χ1v) is 7.46. The van der Waals surface area contributed by atoms with E-state index in [0.717, 1.165) is 18.4 Å². The van der Waals surface area contributed by atoms with Crippen molar-refractivity contribution in [3.8, 4) is 0 Å². The maximum Gasteiger partial charge on any atom is 0.158 e. The Morgan fingerprint density at radius 3 is 2.52 bits per heavy atom. The third-order valence-electron chi connectivity index (χ3n) is 3.29. The van der Waals surface area contributed by atoms with Crippen LogP contribution in [-0.4, -0.2) is 50.5 Å². The predicted octanol–water partition coefficient (Wildman–Crippen LogP) is 1.73. The van der Waals surface area contributed by atoms with Crippen molar-refractivity contribution in [1.82, 2.24) is 0 Å². The van der Waals surface area contributed by atoms with Gasteiger partial charge >= 0.3 is 0 Å². The smallest absolute Gasteiger partial charge is 0.158 e. The Morgan fingerprint density at radius 1 is 1.00 bits per heavy atom. The van der Waals surface area contributed by atoms with Crippen LogP contribution in [0.15, 0.2) is 30.3 Å². The fourth-order valence-electron chi connectivity index (χ4n) is 2.15. The minimum Gasteiger partial charge on any atom is -0.394 e. The van der Waals surface area contributed by atoms with Crippen LogP contribution in [0.25, 0.3) is 0 Å². The van der Waals surface area contributed by atoms with Gasteiger partial charge in [-0.3, -0.25) is 0 Å². The Morgan fingerprint density at radius 2 is 1.76 bits per heavy atom. The molecule has 2 atom stereocenters. The van der Waals surface area contributed by atoms with Gasteiger partial charge in [-0.25, -0.2) is 0 Å². The van der Waals surface area contributed by atoms with Crippen molar-refractivity contribution in [3.05, 3.63) is 35.9 Å². The summed E-state index contributed by atoms with van der Waals surface area (Å²) in [5.41, 5.74) is 1.16. The van der Waals surface area contributed by atoms with Gasteiger partial charge in [0, 0.05) is 6.42 Å². The third-order valence-corrected chi connectivity index (χ3v) is 3.29. The number of aliphatic hydroxyl groups is 1. The largest absolute Gasteiger partial charge is 0.394 e. The SMILES string of the molecule is OCC1CCC(OCCOCCOCc2ccccc2)O1. The van der Waals surface area contributed by atoms with Gasteiger partial charge in [-0.1, -0.05) is 30.3 Å². The summed E-state index contributed by atoms with van der Waals surface area (Å²) in [6.07, 6.45) is 1.43. The summed E-state index contributed by atoms with van der Waals surface area (Å²) >= 11 is 0. The van der Waals surface area contributed by atoms with Crippen LogP contribution in [0.5, 0.6) is 0 Å². The van der Waals surface area contributed by atoms with Gasteiger partial charge < -0.3 is 24.1 Å². The van der Waals surface area contributed by atoms with Gasteiger partial charge in [-0.15, -0.1) is 0 Å². The molecule has 1 aliphatic heterocycles. The Hall–Kier alpha value is -0.980. The maximum atomic E-state index is 8.94. The van der Waals surface area contributed by atoms with Crippen molar-refractivity contribution >= 4 is 0 Å². The normalized spacial score (nSPS) is 21.8. The van der Waals surface area contributed by atoms with Crippen molar-refractivity contribution in [1.29, 1.82) is 0 Å². The highest BCUT2D eigenvalue weighted by molar-refractivity contribution is 5.13. The highest BCUT2D eigenvalue weighted by atomic mass is 16.7. The van der Waals surface area contributed by atoms with Crippen LogP contribution in [0, 0.1) is 0 Å². The lowest BCUT2D eigenvalue weighted by atomic mass is 10.2. The number of aliphatic hydroxyl groups excluding tert-OH is 1. The van der Waals surface area contributed by atoms with E-state index in [1.165, 1.54) is 0 Å². The van der Waals surface area contributed by atoms with Gasteiger partial charge in [0.15, 0.2) is 6.29 Å². The lowest BCUT2D eigenvalue weighted by Crippen LogP contribution is -2.19. The molecule has 1 aromatic carbocycles. The van der Waals surface area contributed by atoms with Gasteiger partial charge in [-0.2, -0.15) is 0 Å². The molecule has 1 N–H and O–H groups in total. The van der Waals surface area contributed by atoms with Gasteiger partial charge in [0.1, 0.15) is 0 Å². The number of benzene rings is 1. The molecule has 0 saturated carbocycles. The van der Waals surface area contributed by atoms with Crippen molar-refractivity contribution < 1.29 is 24.1 Å². The predicted molar refractivity (Wildman–Crippen MR) is 77.8 cm³/mol. The zero-order valence-corrected chi connectivity index (χ0v) is 12.3. The summed E-state index contributed by atoms with van der Waals surface area (Å²) < 4.78 is 21.9. The molecule has 0 radical (unpaired) electrons. The Kier molecular flexibility index (Phi) is 7.70. The molecule has 2 unspecified atom stereocenters. The van der Waals surface area contributed by atoms with Crippen LogP contribution >= 0.6 is 0 Å². The molecular weight excluding hydrogens is 272 g/mol. The van der Waals surface area contributed by atoms with Crippen molar-refractivity contribution in [2.75, 3.05) is 33.0 Å². The summed E-state index contributed by atoms with van der Waals surface area (Å²) in [5.74, 6) is 0. The van der Waals surface area contributed by atoms with E-state index in [9.17, 15) is 0 Å². The van der Waals surface area contributed by atoms with Gasteiger partial charge in [0.05, 0.1) is 45.7 Å². The molecule has 0 bridgehead atoms. The molecular formula is C16H24O5. The van der Waals surface area contributed by atoms with Crippen molar-refractivity contribution in [2.45, 2.75) is 31.8 Å².